The van der Waals surface area contributed by atoms with E-state index in [1.807, 2.05) is 0 Å². The lowest BCUT2D eigenvalue weighted by atomic mass is 10.2. The van der Waals surface area contributed by atoms with Crippen LogP contribution in [0.5, 0.6) is 0 Å². The van der Waals surface area contributed by atoms with E-state index in [0.29, 0.717) is 11.5 Å². The highest BCUT2D eigenvalue weighted by atomic mass is 35.5. The molecule has 1 aliphatic carbocycles. The minimum Gasteiger partial charge on any atom is -0.383 e. The number of carbonyl (C=O) groups excluding carboxylic acids is 1. The molecule has 2 aromatic rings. The number of tetrazole rings is 1. The van der Waals surface area contributed by atoms with E-state index in [9.17, 15) is 9.18 Å². The van der Waals surface area contributed by atoms with Gasteiger partial charge in [-0.1, -0.05) is 0 Å². The number of halogens is 2. The van der Waals surface area contributed by atoms with E-state index in [0.717, 1.165) is 12.8 Å². The molecule has 0 saturated heterocycles. The Labute approximate surface area is 144 Å². The molecular formula is C14H18ClFN6O2. The molecule has 1 atom stereocenters. The van der Waals surface area contributed by atoms with Gasteiger partial charge in [-0.05, 0) is 41.5 Å². The fourth-order valence-corrected chi connectivity index (χ4v) is 2.20. The number of anilines is 1. The second-order valence-electron chi connectivity index (χ2n) is 5.44. The molecule has 24 heavy (non-hydrogen) atoms. The number of hydrogen-bond acceptors (Lipinski definition) is 6. The second kappa shape index (κ2) is 7.65. The molecule has 1 aromatic carbocycles. The van der Waals surface area contributed by atoms with Crippen molar-refractivity contribution in [1.82, 2.24) is 20.2 Å². The average molecular weight is 357 g/mol. The lowest BCUT2D eigenvalue weighted by Gasteiger charge is -2.12. The quantitative estimate of drug-likeness (QED) is 0.799. The van der Waals surface area contributed by atoms with E-state index in [2.05, 4.69) is 20.8 Å². The first-order valence-electron chi connectivity index (χ1n) is 7.23. The van der Waals surface area contributed by atoms with Crippen LogP contribution in [-0.2, 0) is 9.53 Å². The molecule has 0 spiro atoms. The van der Waals surface area contributed by atoms with E-state index in [4.69, 9.17) is 10.5 Å². The van der Waals surface area contributed by atoms with Crippen molar-refractivity contribution in [3.63, 3.8) is 0 Å². The molecule has 0 radical (unpaired) electrons. The SMILES string of the molecule is COCC(N)C(=O)Nc1ccc(F)c(-n2nnnc2C2CC2)c1.Cl. The second-order valence-corrected chi connectivity index (χ2v) is 5.44. The van der Waals surface area contributed by atoms with E-state index in [1.165, 1.54) is 30.0 Å². The van der Waals surface area contributed by atoms with Crippen molar-refractivity contribution in [3.05, 3.63) is 29.8 Å². The van der Waals surface area contributed by atoms with Crippen LogP contribution in [0.2, 0.25) is 0 Å². The van der Waals surface area contributed by atoms with Crippen LogP contribution in [0.25, 0.3) is 5.69 Å². The maximum Gasteiger partial charge on any atom is 0.243 e. The topological polar surface area (TPSA) is 108 Å². The minimum atomic E-state index is -0.802. The first-order chi connectivity index (χ1) is 11.1. The number of amides is 1. The molecule has 10 heteroatoms. The molecule has 1 saturated carbocycles. The lowest BCUT2D eigenvalue weighted by Crippen LogP contribution is -2.39. The third kappa shape index (κ3) is 3.86. The van der Waals surface area contributed by atoms with E-state index < -0.39 is 17.8 Å². The predicted octanol–water partition coefficient (Wildman–Crippen LogP) is 1.01. The summed E-state index contributed by atoms with van der Waals surface area (Å²) >= 11 is 0. The Hall–Kier alpha value is -2.10. The molecule has 0 aliphatic heterocycles. The Morgan fingerprint density at radius 3 is 2.96 bits per heavy atom. The van der Waals surface area contributed by atoms with Crippen LogP contribution in [0.3, 0.4) is 0 Å². The zero-order valence-corrected chi connectivity index (χ0v) is 13.8. The number of aromatic nitrogens is 4. The fourth-order valence-electron chi connectivity index (χ4n) is 2.20. The number of ether oxygens (including phenoxy) is 1. The summed E-state index contributed by atoms with van der Waals surface area (Å²) in [6.07, 6.45) is 1.98. The van der Waals surface area contributed by atoms with Crippen LogP contribution < -0.4 is 11.1 Å². The van der Waals surface area contributed by atoms with Crippen molar-refractivity contribution in [2.24, 2.45) is 5.73 Å². The third-order valence-electron chi connectivity index (χ3n) is 3.56. The Morgan fingerprint density at radius 2 is 2.29 bits per heavy atom. The van der Waals surface area contributed by atoms with Crippen molar-refractivity contribution in [2.75, 3.05) is 19.0 Å². The smallest absolute Gasteiger partial charge is 0.243 e. The zero-order valence-electron chi connectivity index (χ0n) is 13.0. The van der Waals surface area contributed by atoms with Gasteiger partial charge in [0.25, 0.3) is 0 Å². The number of methoxy groups -OCH3 is 1. The van der Waals surface area contributed by atoms with Crippen LogP contribution in [0.1, 0.15) is 24.6 Å². The number of hydrogen-bond donors (Lipinski definition) is 2. The number of nitrogens with zero attached hydrogens (tertiary/aromatic N) is 4. The van der Waals surface area contributed by atoms with Crippen molar-refractivity contribution < 1.29 is 13.9 Å². The van der Waals surface area contributed by atoms with Gasteiger partial charge in [0.05, 0.1) is 6.61 Å². The van der Waals surface area contributed by atoms with Crippen LogP contribution in [0.4, 0.5) is 10.1 Å². The predicted molar refractivity (Wildman–Crippen MR) is 86.8 cm³/mol. The Morgan fingerprint density at radius 1 is 1.54 bits per heavy atom. The summed E-state index contributed by atoms with van der Waals surface area (Å²) in [5, 5.41) is 14.0. The highest BCUT2D eigenvalue weighted by Gasteiger charge is 2.30. The molecule has 130 valence electrons. The van der Waals surface area contributed by atoms with Crippen molar-refractivity contribution in [2.45, 2.75) is 24.8 Å². The maximum absolute atomic E-state index is 14.1. The number of nitrogens with two attached hydrogens (primary N) is 1. The molecule has 3 rings (SSSR count). The van der Waals surface area contributed by atoms with Gasteiger partial charge in [-0.15, -0.1) is 17.5 Å². The van der Waals surface area contributed by atoms with Crippen LogP contribution in [0, 0.1) is 5.82 Å². The third-order valence-corrected chi connectivity index (χ3v) is 3.56. The summed E-state index contributed by atoms with van der Waals surface area (Å²) in [7, 11) is 1.46. The number of nitrogens with one attached hydrogen (secondary N) is 1. The maximum atomic E-state index is 14.1. The summed E-state index contributed by atoms with van der Waals surface area (Å²) < 4.78 is 20.3. The molecule has 1 amide bonds. The number of carbonyl (C=O) groups is 1. The monoisotopic (exact) mass is 356 g/mol. The fraction of sp³-hybridized carbons (Fsp3) is 0.429. The average Bonchev–Trinajstić information content (AvgIpc) is 3.27. The lowest BCUT2D eigenvalue weighted by molar-refractivity contribution is -0.118. The molecule has 1 aromatic heterocycles. The molecule has 3 N–H and O–H groups in total. The normalized spacial score (nSPS) is 14.8. The summed E-state index contributed by atoms with van der Waals surface area (Å²) in [6, 6.07) is 3.39. The van der Waals surface area contributed by atoms with Gasteiger partial charge in [-0.3, -0.25) is 4.79 Å². The van der Waals surface area contributed by atoms with Gasteiger partial charge in [-0.25, -0.2) is 4.39 Å². The van der Waals surface area contributed by atoms with Gasteiger partial charge in [-0.2, -0.15) is 4.68 Å². The van der Waals surface area contributed by atoms with Gasteiger partial charge in [0.15, 0.2) is 5.82 Å². The highest BCUT2D eigenvalue weighted by Crippen LogP contribution is 2.39. The summed E-state index contributed by atoms with van der Waals surface area (Å²) in [5.74, 6) is 0.00293. The molecule has 1 aliphatic rings. The summed E-state index contributed by atoms with van der Waals surface area (Å²) in [6.45, 7) is 0.0959. The first-order valence-corrected chi connectivity index (χ1v) is 7.23. The van der Waals surface area contributed by atoms with Gasteiger partial charge in [0.2, 0.25) is 5.91 Å². The highest BCUT2D eigenvalue weighted by molar-refractivity contribution is 5.95. The standard InChI is InChI=1S/C14H17FN6O2.ClH/c1-23-7-11(16)14(22)17-9-4-5-10(15)12(6-9)21-13(8-2-3-8)18-19-20-21;/h4-6,8,11H,2-3,7,16H2,1H3,(H,17,22);1H. The van der Waals surface area contributed by atoms with Crippen molar-refractivity contribution in [1.29, 1.82) is 0 Å². The largest absolute Gasteiger partial charge is 0.383 e. The van der Waals surface area contributed by atoms with E-state index in [1.54, 1.807) is 0 Å². The molecule has 1 unspecified atom stereocenters. The summed E-state index contributed by atoms with van der Waals surface area (Å²) in [4.78, 5) is 11.9. The zero-order chi connectivity index (χ0) is 16.4. The van der Waals surface area contributed by atoms with E-state index in [-0.39, 0.29) is 30.6 Å². The van der Waals surface area contributed by atoms with Gasteiger partial charge >= 0.3 is 0 Å². The molecule has 0 bridgehead atoms. The molecule has 1 fully saturated rings. The van der Waals surface area contributed by atoms with Crippen LogP contribution in [0.15, 0.2) is 18.2 Å². The van der Waals surface area contributed by atoms with Gasteiger partial charge in [0.1, 0.15) is 17.5 Å². The van der Waals surface area contributed by atoms with Crippen LogP contribution >= 0.6 is 12.4 Å². The Kier molecular flexibility index (Phi) is 5.81. The molecular weight excluding hydrogens is 339 g/mol. The Balaban J connectivity index is 0.00000208. The summed E-state index contributed by atoms with van der Waals surface area (Å²) in [5.41, 5.74) is 6.26. The number of benzene rings is 1. The van der Waals surface area contributed by atoms with Crippen molar-refractivity contribution in [3.8, 4) is 5.69 Å². The van der Waals surface area contributed by atoms with E-state index >= 15 is 0 Å². The molecule has 8 nitrogen and oxygen atoms in total. The number of rotatable bonds is 6. The minimum absolute atomic E-state index is 0. The molecule has 1 heterocycles. The van der Waals surface area contributed by atoms with Gasteiger partial charge in [0, 0.05) is 18.7 Å². The van der Waals surface area contributed by atoms with Crippen molar-refractivity contribution >= 4 is 24.0 Å². The Bertz CT molecular complexity index is 721. The van der Waals surface area contributed by atoms with Crippen LogP contribution in [-0.4, -0.2) is 45.9 Å². The van der Waals surface area contributed by atoms with Gasteiger partial charge < -0.3 is 15.8 Å². The first kappa shape index (κ1) is 18.2.